The number of halogens is 4. The van der Waals surface area contributed by atoms with Gasteiger partial charge in [-0.2, -0.15) is 0 Å². The minimum Gasteiger partial charge on any atom is -0.870 e. The fourth-order valence-electron chi connectivity index (χ4n) is 4.52. The number of ether oxygens (including phenoxy) is 3. The minimum absolute atomic E-state index is 0. The predicted molar refractivity (Wildman–Crippen MR) is 272 cm³/mol. The Hall–Kier alpha value is 2.68. The first-order valence-electron chi connectivity index (χ1n) is 20.8. The van der Waals surface area contributed by atoms with Gasteiger partial charge in [-0.1, -0.05) is 34.1 Å². The van der Waals surface area contributed by atoms with E-state index in [1.165, 1.54) is 53.0 Å². The number of hydrogen-bond acceptors (Lipinski definition) is 20. The van der Waals surface area contributed by atoms with E-state index in [1.807, 2.05) is 27.7 Å². The molecule has 32 heteroatoms. The van der Waals surface area contributed by atoms with Crippen molar-refractivity contribution in [3.05, 3.63) is 0 Å². The molecule has 3 rings (SSSR count). The van der Waals surface area contributed by atoms with Crippen LogP contribution in [0.25, 0.3) is 0 Å². The normalized spacial score (nSPS) is 21.4. The summed E-state index contributed by atoms with van der Waals surface area (Å²) in [6.07, 6.45) is 4.90. The fourth-order valence-corrected chi connectivity index (χ4v) is 11.5. The summed E-state index contributed by atoms with van der Waals surface area (Å²) in [4.78, 5) is 0. The SMILES string of the molecule is C.CC.CC1CO[P+](=O)O1.COCC(C)OP(=O)(Cl)OCC(C)OP(C)(=O)OCC(C)OP(C)(=O)NC1CCC1.COCC(C)OP(C)(=O)Cl.COCC(C)O[P+](C)=O.ClCl.NC1CCC1.[Na+].[OH-]. The summed E-state index contributed by atoms with van der Waals surface area (Å²) in [6, 6.07) is 0.782. The van der Waals surface area contributed by atoms with E-state index in [1.54, 1.807) is 41.9 Å². The Morgan fingerprint density at radius 1 is 0.735 bits per heavy atom. The van der Waals surface area contributed by atoms with Gasteiger partial charge in [-0.15, -0.1) is 13.6 Å². The van der Waals surface area contributed by atoms with Gasteiger partial charge < -0.3 is 43.5 Å². The molecule has 1 saturated heterocycles. The molecule has 0 aromatic heterocycles. The van der Waals surface area contributed by atoms with Gasteiger partial charge in [-0.05, 0) is 83.0 Å². The van der Waals surface area contributed by atoms with Gasteiger partial charge in [0, 0.05) is 90.9 Å². The van der Waals surface area contributed by atoms with Crippen LogP contribution in [0, 0.1) is 0 Å². The topological polar surface area (TPSA) is 281 Å². The summed E-state index contributed by atoms with van der Waals surface area (Å²) in [6.45, 7) is 14.6. The van der Waals surface area contributed by atoms with Crippen LogP contribution in [0.5, 0.6) is 0 Å². The van der Waals surface area contributed by atoms with E-state index in [4.69, 9.17) is 74.1 Å². The quantitative estimate of drug-likeness (QED) is 0.0671. The van der Waals surface area contributed by atoms with Gasteiger partial charge in [0.25, 0.3) is 14.2 Å². The molecule has 12 unspecified atom stereocenters. The summed E-state index contributed by atoms with van der Waals surface area (Å²) in [5.41, 5.74) is 5.38. The minimum atomic E-state index is -3.84. The van der Waals surface area contributed by atoms with Gasteiger partial charge in [-0.3, -0.25) is 22.7 Å². The van der Waals surface area contributed by atoms with Crippen LogP contribution in [-0.4, -0.2) is 142 Å². The fraction of sp³-hybridized carbons (Fsp3) is 1.00. The van der Waals surface area contributed by atoms with Crippen molar-refractivity contribution in [2.75, 3.05) is 87.6 Å². The van der Waals surface area contributed by atoms with Crippen LogP contribution in [0.3, 0.4) is 0 Å². The summed E-state index contributed by atoms with van der Waals surface area (Å²) in [7, 11) is 3.15. The van der Waals surface area contributed by atoms with Crippen molar-refractivity contribution in [1.82, 2.24) is 5.09 Å². The molecule has 0 amide bonds. The second-order valence-electron chi connectivity index (χ2n) is 14.7. The van der Waals surface area contributed by atoms with Crippen molar-refractivity contribution in [2.45, 2.75) is 150 Å². The zero-order valence-corrected chi connectivity index (χ0v) is 52.6. The summed E-state index contributed by atoms with van der Waals surface area (Å²) in [5.74, 6) is 0. The first kappa shape index (κ1) is 84.6. The maximum Gasteiger partial charge on any atom is 1.00 e. The Labute approximate surface area is 451 Å². The van der Waals surface area contributed by atoms with Crippen LogP contribution in [0.1, 0.15) is 101 Å². The van der Waals surface area contributed by atoms with E-state index in [2.05, 4.69) is 35.8 Å². The maximum atomic E-state index is 12.5. The molecule has 0 aromatic rings. The second-order valence-corrected chi connectivity index (χ2v) is 27.0. The molecule has 0 bridgehead atoms. The van der Waals surface area contributed by atoms with Gasteiger partial charge in [0.2, 0.25) is 0 Å². The van der Waals surface area contributed by atoms with Crippen molar-refractivity contribution in [1.29, 1.82) is 0 Å². The van der Waals surface area contributed by atoms with Gasteiger partial charge in [0.05, 0.1) is 57.5 Å². The molecule has 4 N–H and O–H groups in total. The summed E-state index contributed by atoms with van der Waals surface area (Å²) >= 11 is 11.1. The Bertz CT molecular complexity index is 1420. The molecule has 12 atom stereocenters. The molecule has 21 nitrogen and oxygen atoms in total. The predicted octanol–water partition coefficient (Wildman–Crippen LogP) is 9.97. The molecule has 1 heterocycles. The Balaban J connectivity index is -0.000000159. The Morgan fingerprint density at radius 3 is 1.46 bits per heavy atom. The second kappa shape index (κ2) is 49.3. The van der Waals surface area contributed by atoms with Gasteiger partial charge in [0.15, 0.2) is 6.66 Å². The van der Waals surface area contributed by atoms with Crippen LogP contribution in [0.15, 0.2) is 0 Å². The number of nitrogens with one attached hydrogen (secondary N) is 1. The van der Waals surface area contributed by atoms with E-state index in [0.29, 0.717) is 25.9 Å². The molecule has 2 saturated carbocycles. The number of rotatable bonds is 24. The first-order chi connectivity index (χ1) is 30.0. The summed E-state index contributed by atoms with van der Waals surface area (Å²) < 4.78 is 128. The van der Waals surface area contributed by atoms with Crippen molar-refractivity contribution in [3.8, 4) is 0 Å². The molecular formula is C36H85Cl4N2NaO19P6+2. The average Bonchev–Trinajstić information content (AvgIpc) is 3.54. The van der Waals surface area contributed by atoms with Crippen LogP contribution >= 0.6 is 89.3 Å². The van der Waals surface area contributed by atoms with Gasteiger partial charge in [-0.25, -0.2) is 9.65 Å². The first-order valence-corrected chi connectivity index (χ1v) is 34.1. The Morgan fingerprint density at radius 2 is 1.13 bits per heavy atom. The zero-order chi connectivity index (χ0) is 51.5. The maximum absolute atomic E-state index is 12.5. The van der Waals surface area contributed by atoms with E-state index in [-0.39, 0.29) is 86.6 Å². The van der Waals surface area contributed by atoms with E-state index < -0.39 is 63.4 Å². The number of methoxy groups -OCH3 is 3. The van der Waals surface area contributed by atoms with Crippen LogP contribution < -0.4 is 40.4 Å². The standard InChI is InChI=1S/C16H35ClNO9P3.C5H12ClO3P.C5H12O3P.C4H9N.C3H6O3P.C2H6.CH4.Cl2.Na.H2O/c1-13(10-22-4)27-30(17,21)24-12-15(3)26-29(6,20)23-11-14(2)25-28(5,19)18-16-8-7-9-16;1-5(4-8-2)9-10(3,6)7;1-5(4-7-2)8-9(3)6;5-4-2-1-3-4;1-3-2-5-7(4)6-3;1-2;;1-2;;/h13-16H,7-12H2,1-6H3,(H,18,19);5H,4H2,1-3H3;5H,4H2,1-3H3;4H,1-3,5H2;3H,2H2,1H3;1-2H3;1H4;;;1H2/q;;+1;;+1;;;;+1;/p-1. The smallest absolute Gasteiger partial charge is 0.870 e. The zero-order valence-electron chi connectivity index (χ0n) is 42.2. The van der Waals surface area contributed by atoms with Crippen molar-refractivity contribution < 1.29 is 117 Å². The molecule has 0 aromatic carbocycles. The van der Waals surface area contributed by atoms with Crippen molar-refractivity contribution in [3.63, 3.8) is 0 Å². The van der Waals surface area contributed by atoms with Crippen LogP contribution in [0.4, 0.5) is 0 Å². The number of nitrogens with two attached hydrogens (primary N) is 1. The van der Waals surface area contributed by atoms with Gasteiger partial charge >= 0.3 is 60.4 Å². The van der Waals surface area contributed by atoms with E-state index in [9.17, 15) is 27.4 Å². The molecule has 0 radical (unpaired) electrons. The molecular weight excluding hydrogens is 1120 g/mol. The molecule has 1 aliphatic heterocycles. The monoisotopic (exact) mass is 1200 g/mol. The van der Waals surface area contributed by atoms with E-state index in [0.717, 1.165) is 19.3 Å². The van der Waals surface area contributed by atoms with Crippen molar-refractivity contribution >= 4 is 89.3 Å². The molecule has 410 valence electrons. The third-order valence-electron chi connectivity index (χ3n) is 7.32. The molecule has 0 spiro atoms. The van der Waals surface area contributed by atoms with Gasteiger partial charge in [0.1, 0.15) is 18.8 Å². The largest absolute Gasteiger partial charge is 1.00 e. The Kier molecular flexibility index (Phi) is 61.3. The molecule has 3 fully saturated rings. The van der Waals surface area contributed by atoms with E-state index >= 15 is 0 Å². The van der Waals surface area contributed by atoms with Crippen LogP contribution in [0.2, 0.25) is 0 Å². The molecule has 68 heavy (non-hydrogen) atoms. The third kappa shape index (κ3) is 57.9. The molecule has 3 aliphatic rings. The van der Waals surface area contributed by atoms with Crippen molar-refractivity contribution in [2.24, 2.45) is 5.73 Å². The average molecular weight is 1200 g/mol. The third-order valence-corrected chi connectivity index (χ3v) is 14.4. The number of hydrogen-bond donors (Lipinski definition) is 2. The van der Waals surface area contributed by atoms with Crippen LogP contribution in [-0.2, 0) is 82.3 Å². The summed E-state index contributed by atoms with van der Waals surface area (Å²) in [5, 5.41) is 3.01. The molecule has 2 aliphatic carbocycles.